The van der Waals surface area contributed by atoms with Gasteiger partial charge < -0.3 is 11.1 Å². The first kappa shape index (κ1) is 51.2. The number of halogens is 1. The Hall–Kier alpha value is -6.47. The number of nitrogens with one attached hydrogen (secondary N) is 1. The van der Waals surface area contributed by atoms with Crippen LogP contribution in [0.4, 0.5) is 11.4 Å². The van der Waals surface area contributed by atoms with E-state index in [4.69, 9.17) is 0 Å². The molecule has 0 radical (unpaired) electrons. The van der Waals surface area contributed by atoms with Crippen LogP contribution in [0, 0.1) is 20.2 Å². The number of benzene rings is 6. The molecule has 340 valence electrons. The van der Waals surface area contributed by atoms with Crippen LogP contribution in [0.1, 0.15) is 74.9 Å². The molecule has 6 aromatic carbocycles. The lowest BCUT2D eigenvalue weighted by Gasteiger charge is -2.19. The molecule has 8 aromatic rings. The summed E-state index contributed by atoms with van der Waals surface area (Å²) in [5.41, 5.74) is 10.4. The topological polar surface area (TPSA) is 186 Å². The number of nitro groups is 2. The van der Waals surface area contributed by atoms with Crippen molar-refractivity contribution in [1.82, 2.24) is 24.8 Å². The molecular formula is C50H57BrN7O6P. The van der Waals surface area contributed by atoms with Gasteiger partial charge in [-0.3, -0.25) is 33.9 Å². The molecule has 1 atom stereocenters. The van der Waals surface area contributed by atoms with Crippen molar-refractivity contribution in [2.24, 2.45) is 0 Å². The summed E-state index contributed by atoms with van der Waals surface area (Å²) in [6.45, 7) is 14.6. The van der Waals surface area contributed by atoms with Crippen molar-refractivity contribution in [3.8, 4) is 0 Å². The van der Waals surface area contributed by atoms with E-state index < -0.39 is 9.85 Å². The van der Waals surface area contributed by atoms with Crippen LogP contribution in [0.25, 0.3) is 22.1 Å². The van der Waals surface area contributed by atoms with E-state index >= 15 is 0 Å². The van der Waals surface area contributed by atoms with Gasteiger partial charge in [0.25, 0.3) is 11.4 Å². The van der Waals surface area contributed by atoms with Crippen LogP contribution < -0.4 is 17.5 Å². The van der Waals surface area contributed by atoms with Crippen LogP contribution >= 0.6 is 25.8 Å². The van der Waals surface area contributed by atoms with E-state index in [0.717, 1.165) is 49.7 Å². The highest BCUT2D eigenvalue weighted by molar-refractivity contribution is 9.08. The fraction of sp³-hybridized carbons (Fsp3) is 0.240. The standard InChI is InChI=1S/C25H25N3O3.C18H20N2O.C7H6BrNO2.H3N.H3P/c1-25(2,3)20-12-8-18(9-13-20)16-26-22-6-4-5-7-23(22)27(24(26)29)17-19-10-14-21(15-11-19)28(30)31;1-18(2,3)14-10-8-13(9-11-14)12-20-16-7-5-4-6-15(16)19-17(20)21;8-5-6-1-3-7(4-2-6)9(10)11;;/h4-15H,16-17H2,1-3H3;4-11H,12H2,1-3H3,(H,19,21);1-4H,5H2;2*1H3. The minimum absolute atomic E-state index is 0. The van der Waals surface area contributed by atoms with Gasteiger partial charge in [0.2, 0.25) is 0 Å². The second kappa shape index (κ2) is 21.9. The lowest BCUT2D eigenvalue weighted by molar-refractivity contribution is -0.385. The average Bonchev–Trinajstić information content (AvgIpc) is 3.72. The summed E-state index contributed by atoms with van der Waals surface area (Å²) in [4.78, 5) is 48.5. The molecule has 0 aliphatic heterocycles. The van der Waals surface area contributed by atoms with Gasteiger partial charge in [-0.05, 0) is 68.5 Å². The molecule has 0 amide bonds. The first-order chi connectivity index (χ1) is 29.9. The maximum absolute atomic E-state index is 13.3. The third-order valence-electron chi connectivity index (χ3n) is 10.7. The van der Waals surface area contributed by atoms with Crippen LogP contribution in [0.15, 0.2) is 155 Å². The molecule has 4 N–H and O–H groups in total. The van der Waals surface area contributed by atoms with Crippen LogP contribution in [0.5, 0.6) is 0 Å². The fourth-order valence-electron chi connectivity index (χ4n) is 7.04. The number of non-ortho nitro benzene ring substituents is 2. The van der Waals surface area contributed by atoms with Crippen molar-refractivity contribution in [1.29, 1.82) is 0 Å². The zero-order valence-corrected chi connectivity index (χ0v) is 40.7. The number of hydrogen-bond donors (Lipinski definition) is 2. The quantitative estimate of drug-likeness (QED) is 0.0623. The van der Waals surface area contributed by atoms with E-state index in [0.29, 0.717) is 19.6 Å². The number of H-pyrrole nitrogens is 1. The first-order valence-corrected chi connectivity index (χ1v) is 21.6. The Morgan fingerprint density at radius 3 is 1.22 bits per heavy atom. The highest BCUT2D eigenvalue weighted by Gasteiger charge is 2.17. The molecule has 0 saturated carbocycles. The van der Waals surface area contributed by atoms with Crippen LogP contribution in [0.2, 0.25) is 0 Å². The molecule has 0 bridgehead atoms. The molecule has 0 fully saturated rings. The van der Waals surface area contributed by atoms with Gasteiger partial charge in [0, 0.05) is 29.6 Å². The highest BCUT2D eigenvalue weighted by Crippen LogP contribution is 2.25. The molecule has 0 saturated heterocycles. The second-order valence-electron chi connectivity index (χ2n) is 17.4. The Bertz CT molecular complexity index is 2960. The molecule has 2 heterocycles. The van der Waals surface area contributed by atoms with Crippen LogP contribution in [-0.4, -0.2) is 28.5 Å². The molecule has 65 heavy (non-hydrogen) atoms. The summed E-state index contributed by atoms with van der Waals surface area (Å²) in [7, 11) is 0. The number of imidazole rings is 2. The van der Waals surface area contributed by atoms with E-state index in [9.17, 15) is 29.8 Å². The van der Waals surface area contributed by atoms with Crippen molar-refractivity contribution >= 4 is 59.3 Å². The summed E-state index contributed by atoms with van der Waals surface area (Å²) < 4.78 is 5.29. The normalized spacial score (nSPS) is 11.1. The van der Waals surface area contributed by atoms with Gasteiger partial charge in [0.15, 0.2) is 0 Å². The lowest BCUT2D eigenvalue weighted by atomic mass is 9.87. The van der Waals surface area contributed by atoms with E-state index in [1.54, 1.807) is 38.0 Å². The Labute approximate surface area is 389 Å². The Balaban J connectivity index is 0.000000235. The molecule has 8 rings (SSSR count). The molecule has 0 aliphatic rings. The Kier molecular flexibility index (Phi) is 17.3. The molecule has 2 aromatic heterocycles. The SMILES string of the molecule is CC(C)(C)c1ccc(Cn2c(=O)[nH]c3ccccc32)cc1.CC(C)(C)c1ccc(Cn2c(=O)n(Cc3ccc([N+](=O)[O-])cc3)c3ccccc32)cc1.N.O=[N+]([O-])c1ccc(CBr)cc1.P. The fourth-order valence-corrected chi connectivity index (χ4v) is 7.41. The summed E-state index contributed by atoms with van der Waals surface area (Å²) in [5.74, 6) is 0. The zero-order chi connectivity index (χ0) is 45.5. The second-order valence-corrected chi connectivity index (χ2v) is 17.9. The molecule has 1 unspecified atom stereocenters. The van der Waals surface area contributed by atoms with Gasteiger partial charge >= 0.3 is 11.4 Å². The van der Waals surface area contributed by atoms with Gasteiger partial charge in [-0.15, -0.1) is 0 Å². The van der Waals surface area contributed by atoms with E-state index in [1.807, 2.05) is 48.5 Å². The number of nitrogens with zero attached hydrogens (tertiary/aromatic N) is 5. The Morgan fingerprint density at radius 2 is 0.846 bits per heavy atom. The van der Waals surface area contributed by atoms with Crippen molar-refractivity contribution in [3.05, 3.63) is 220 Å². The summed E-state index contributed by atoms with van der Waals surface area (Å²) in [6.07, 6.45) is 0. The van der Waals surface area contributed by atoms with Gasteiger partial charge in [-0.25, -0.2) is 9.59 Å². The number of alkyl halides is 1. The third-order valence-corrected chi connectivity index (χ3v) is 11.4. The van der Waals surface area contributed by atoms with Gasteiger partial charge in [0.05, 0.1) is 51.5 Å². The maximum Gasteiger partial charge on any atom is 0.329 e. The molecule has 0 aliphatic carbocycles. The molecule has 13 nitrogen and oxygen atoms in total. The molecular weight excluding hydrogens is 905 g/mol. The molecule has 0 spiro atoms. The number of aromatic amines is 1. The number of para-hydroxylation sites is 4. The van der Waals surface area contributed by atoms with Crippen molar-refractivity contribution in [3.63, 3.8) is 0 Å². The predicted molar refractivity (Wildman–Crippen MR) is 271 cm³/mol. The number of rotatable bonds is 9. The lowest BCUT2D eigenvalue weighted by Crippen LogP contribution is -2.25. The first-order valence-electron chi connectivity index (χ1n) is 20.5. The van der Waals surface area contributed by atoms with Gasteiger partial charge in [-0.2, -0.15) is 9.90 Å². The van der Waals surface area contributed by atoms with Crippen molar-refractivity contribution < 1.29 is 9.85 Å². The Morgan fingerprint density at radius 1 is 0.508 bits per heavy atom. The summed E-state index contributed by atoms with van der Waals surface area (Å²) in [5, 5.41) is 21.8. The summed E-state index contributed by atoms with van der Waals surface area (Å²) in [6, 6.07) is 45.2. The average molecular weight is 963 g/mol. The van der Waals surface area contributed by atoms with E-state index in [2.05, 4.69) is 111 Å². The van der Waals surface area contributed by atoms with Crippen molar-refractivity contribution in [2.45, 2.75) is 77.3 Å². The minimum atomic E-state index is -0.424. The predicted octanol–water partition coefficient (Wildman–Crippen LogP) is 11.5. The maximum atomic E-state index is 13.3. The largest absolute Gasteiger partial charge is 0.344 e. The number of fused-ring (bicyclic) bond motifs is 2. The smallest absolute Gasteiger partial charge is 0.329 e. The van der Waals surface area contributed by atoms with Crippen LogP contribution in [0.3, 0.4) is 0 Å². The number of aromatic nitrogens is 4. The van der Waals surface area contributed by atoms with Gasteiger partial charge in [0.1, 0.15) is 0 Å². The molecule has 15 heteroatoms. The number of nitro benzene ring substituents is 2. The van der Waals surface area contributed by atoms with Gasteiger partial charge in [-0.1, -0.05) is 155 Å². The van der Waals surface area contributed by atoms with E-state index in [1.165, 1.54) is 35.4 Å². The van der Waals surface area contributed by atoms with Crippen molar-refractivity contribution in [2.75, 3.05) is 0 Å². The number of hydrogen-bond acceptors (Lipinski definition) is 7. The monoisotopic (exact) mass is 961 g/mol. The summed E-state index contributed by atoms with van der Waals surface area (Å²) >= 11 is 3.25. The minimum Gasteiger partial charge on any atom is -0.344 e. The van der Waals surface area contributed by atoms with Crippen LogP contribution in [-0.2, 0) is 35.8 Å². The van der Waals surface area contributed by atoms with E-state index in [-0.39, 0.29) is 49.6 Å². The third kappa shape index (κ3) is 12.8. The highest BCUT2D eigenvalue weighted by atomic mass is 79.9. The zero-order valence-electron chi connectivity index (χ0n) is 37.7.